The lowest BCUT2D eigenvalue weighted by molar-refractivity contribution is -0.133. The third-order valence-corrected chi connectivity index (χ3v) is 7.28. The lowest BCUT2D eigenvalue weighted by atomic mass is 9.93. The van der Waals surface area contributed by atoms with Gasteiger partial charge >= 0.3 is 0 Å². The number of nitrogens with zero attached hydrogens (tertiary/aromatic N) is 3. The fraction of sp³-hybridized carbons (Fsp3) is 0.379. The number of hydrogen-bond donors (Lipinski definition) is 2. The summed E-state index contributed by atoms with van der Waals surface area (Å²) in [5.74, 6) is -0.905. The Hall–Kier alpha value is -3.94. The summed E-state index contributed by atoms with van der Waals surface area (Å²) >= 11 is 0. The van der Waals surface area contributed by atoms with E-state index in [9.17, 15) is 14.4 Å². The summed E-state index contributed by atoms with van der Waals surface area (Å²) in [7, 11) is 0. The number of nitrogens with one attached hydrogen (secondary N) is 2. The summed E-state index contributed by atoms with van der Waals surface area (Å²) in [6, 6.07) is 16.2. The number of hydrogen-bond acceptors (Lipinski definition) is 4. The van der Waals surface area contributed by atoms with Crippen molar-refractivity contribution >= 4 is 17.7 Å². The third-order valence-electron chi connectivity index (χ3n) is 7.28. The van der Waals surface area contributed by atoms with Crippen molar-refractivity contribution in [2.75, 3.05) is 6.54 Å². The highest BCUT2D eigenvalue weighted by Crippen LogP contribution is 2.38. The number of fused-ring (bicyclic) bond motifs is 1. The summed E-state index contributed by atoms with van der Waals surface area (Å²) in [5.41, 5.74) is 3.76. The van der Waals surface area contributed by atoms with Gasteiger partial charge in [-0.1, -0.05) is 59.7 Å². The number of amides is 3. The first-order chi connectivity index (χ1) is 17.8. The molecule has 1 aliphatic heterocycles. The van der Waals surface area contributed by atoms with Gasteiger partial charge in [-0.2, -0.15) is 0 Å². The minimum absolute atomic E-state index is 0.0104. The summed E-state index contributed by atoms with van der Waals surface area (Å²) in [6.45, 7) is 6.92. The molecule has 2 aromatic carbocycles. The number of rotatable bonds is 8. The van der Waals surface area contributed by atoms with E-state index < -0.39 is 5.54 Å². The Labute approximate surface area is 217 Å². The molecule has 1 saturated carbocycles. The molecule has 2 heterocycles. The van der Waals surface area contributed by atoms with Crippen LogP contribution in [0.3, 0.4) is 0 Å². The van der Waals surface area contributed by atoms with Gasteiger partial charge in [-0.15, -0.1) is 0 Å². The highest BCUT2D eigenvalue weighted by Gasteiger charge is 2.53. The highest BCUT2D eigenvalue weighted by molar-refractivity contribution is 6.07. The fourth-order valence-electron chi connectivity index (χ4n) is 4.96. The number of aromatic nitrogens is 2. The third kappa shape index (κ3) is 5.01. The molecule has 8 heteroatoms. The van der Waals surface area contributed by atoms with Crippen molar-refractivity contribution in [3.8, 4) is 0 Å². The quantitative estimate of drug-likeness (QED) is 0.498. The van der Waals surface area contributed by atoms with Crippen molar-refractivity contribution in [2.24, 2.45) is 0 Å². The van der Waals surface area contributed by atoms with Crippen LogP contribution in [0.15, 0.2) is 54.9 Å². The van der Waals surface area contributed by atoms with Gasteiger partial charge in [0.25, 0.3) is 11.8 Å². The molecule has 8 nitrogen and oxygen atoms in total. The Morgan fingerprint density at radius 3 is 2.22 bits per heavy atom. The second-order valence-electron chi connectivity index (χ2n) is 10.4. The van der Waals surface area contributed by atoms with Crippen molar-refractivity contribution < 1.29 is 14.4 Å². The van der Waals surface area contributed by atoms with Crippen LogP contribution >= 0.6 is 0 Å². The molecule has 5 rings (SSSR count). The minimum atomic E-state index is -1.07. The summed E-state index contributed by atoms with van der Waals surface area (Å²) in [4.78, 5) is 46.2. The Morgan fingerprint density at radius 2 is 1.59 bits per heavy atom. The summed E-state index contributed by atoms with van der Waals surface area (Å²) in [5, 5.41) is 5.92. The van der Waals surface area contributed by atoms with E-state index in [4.69, 9.17) is 0 Å². The molecule has 2 N–H and O–H groups in total. The van der Waals surface area contributed by atoms with Crippen LogP contribution in [0.5, 0.6) is 0 Å². The van der Waals surface area contributed by atoms with Crippen LogP contribution in [0.25, 0.3) is 0 Å². The molecular formula is C29H33N5O3. The standard InChI is InChI=1S/C29H33N5O3/c1-19-4-8-21(9-5-19)14-15-30-26(35)24-25-27(36)34(23-12-13-23)29(3,17-33(25)18-32-24)28(37)31-16-22-10-6-20(2)7-11-22/h4-11,18,23H,12-17H2,1-3H3,(H,30,35)(H,31,37)/t29-/m0/s1. The van der Waals surface area contributed by atoms with Crippen LogP contribution in [0.1, 0.15) is 63.0 Å². The van der Waals surface area contributed by atoms with Crippen molar-refractivity contribution in [1.82, 2.24) is 25.1 Å². The maximum atomic E-state index is 13.7. The van der Waals surface area contributed by atoms with Crippen molar-refractivity contribution in [3.05, 3.63) is 88.5 Å². The van der Waals surface area contributed by atoms with Gasteiger partial charge in [0.2, 0.25) is 5.91 Å². The number of benzene rings is 2. The molecular weight excluding hydrogens is 466 g/mol. The average Bonchev–Trinajstić information content (AvgIpc) is 3.62. The van der Waals surface area contributed by atoms with Crippen molar-refractivity contribution in [3.63, 3.8) is 0 Å². The lowest BCUT2D eigenvalue weighted by Crippen LogP contribution is -2.64. The molecule has 1 aromatic heterocycles. The Bertz CT molecular complexity index is 1320. The maximum Gasteiger partial charge on any atom is 0.274 e. The summed E-state index contributed by atoms with van der Waals surface area (Å²) < 4.78 is 1.65. The molecule has 37 heavy (non-hydrogen) atoms. The Balaban J connectivity index is 1.31. The van der Waals surface area contributed by atoms with Crippen LogP contribution in [0, 0.1) is 13.8 Å². The van der Waals surface area contributed by atoms with Crippen LogP contribution in [-0.2, 0) is 24.3 Å². The van der Waals surface area contributed by atoms with Crippen LogP contribution in [-0.4, -0.2) is 50.3 Å². The van der Waals surface area contributed by atoms with Gasteiger partial charge in [0, 0.05) is 19.1 Å². The smallest absolute Gasteiger partial charge is 0.274 e. The first-order valence-corrected chi connectivity index (χ1v) is 12.8. The van der Waals surface area contributed by atoms with Crippen LogP contribution in [0.4, 0.5) is 0 Å². The average molecular weight is 500 g/mol. The van der Waals surface area contributed by atoms with E-state index in [0.29, 0.717) is 19.5 Å². The van der Waals surface area contributed by atoms with Crippen LogP contribution < -0.4 is 10.6 Å². The molecule has 0 saturated heterocycles. The number of carbonyl (C=O) groups excluding carboxylic acids is 3. The number of carbonyl (C=O) groups is 3. The molecule has 0 spiro atoms. The SMILES string of the molecule is Cc1ccc(CCNC(=O)c2ncn3c2C(=O)N(C2CC2)[C@](C)(C(=O)NCc2ccc(C)cc2)C3)cc1. The zero-order valence-electron chi connectivity index (χ0n) is 21.6. The van der Waals surface area contributed by atoms with E-state index in [1.165, 1.54) is 11.9 Å². The fourth-order valence-corrected chi connectivity index (χ4v) is 4.96. The highest BCUT2D eigenvalue weighted by atomic mass is 16.2. The lowest BCUT2D eigenvalue weighted by Gasteiger charge is -2.44. The van der Waals surface area contributed by atoms with Gasteiger partial charge < -0.3 is 20.1 Å². The summed E-state index contributed by atoms with van der Waals surface area (Å²) in [6.07, 6.45) is 3.87. The molecule has 0 bridgehead atoms. The molecule has 2 aliphatic rings. The maximum absolute atomic E-state index is 13.7. The molecule has 1 aliphatic carbocycles. The number of imidazole rings is 1. The molecule has 192 valence electrons. The predicted molar refractivity (Wildman–Crippen MR) is 140 cm³/mol. The molecule has 0 radical (unpaired) electrons. The predicted octanol–water partition coefficient (Wildman–Crippen LogP) is 3.17. The van der Waals surface area contributed by atoms with Gasteiger partial charge in [0.15, 0.2) is 5.69 Å². The van der Waals surface area contributed by atoms with Crippen molar-refractivity contribution in [2.45, 2.75) is 64.7 Å². The minimum Gasteiger partial charge on any atom is -0.350 e. The van der Waals surface area contributed by atoms with E-state index in [1.54, 1.807) is 16.4 Å². The van der Waals surface area contributed by atoms with E-state index >= 15 is 0 Å². The van der Waals surface area contributed by atoms with Gasteiger partial charge in [-0.3, -0.25) is 14.4 Å². The largest absolute Gasteiger partial charge is 0.350 e. The van der Waals surface area contributed by atoms with E-state index in [0.717, 1.165) is 29.5 Å². The molecule has 3 aromatic rings. The zero-order chi connectivity index (χ0) is 26.2. The molecule has 3 amide bonds. The van der Waals surface area contributed by atoms with Gasteiger partial charge in [-0.25, -0.2) is 4.98 Å². The van der Waals surface area contributed by atoms with Gasteiger partial charge in [0.05, 0.1) is 12.9 Å². The van der Waals surface area contributed by atoms with Crippen molar-refractivity contribution in [1.29, 1.82) is 0 Å². The number of aryl methyl sites for hydroxylation is 2. The van der Waals surface area contributed by atoms with Gasteiger partial charge in [0.1, 0.15) is 11.2 Å². The molecule has 0 unspecified atom stereocenters. The monoisotopic (exact) mass is 499 g/mol. The second-order valence-corrected chi connectivity index (χ2v) is 10.4. The first kappa shape index (κ1) is 24.7. The molecule has 1 atom stereocenters. The van der Waals surface area contributed by atoms with E-state index in [-0.39, 0.29) is 41.7 Å². The first-order valence-electron chi connectivity index (χ1n) is 12.8. The zero-order valence-corrected chi connectivity index (χ0v) is 21.6. The van der Waals surface area contributed by atoms with Crippen LogP contribution in [0.2, 0.25) is 0 Å². The van der Waals surface area contributed by atoms with E-state index in [2.05, 4.69) is 15.6 Å². The normalized spacial score (nSPS) is 18.9. The van der Waals surface area contributed by atoms with Gasteiger partial charge in [-0.05, 0) is 51.2 Å². The topological polar surface area (TPSA) is 96.3 Å². The second kappa shape index (κ2) is 9.84. The Morgan fingerprint density at radius 1 is 0.973 bits per heavy atom. The van der Waals surface area contributed by atoms with E-state index in [1.807, 2.05) is 62.4 Å². The molecule has 1 fully saturated rings. The Kier molecular flexibility index (Phi) is 6.58.